The average Bonchev–Trinajstić information content (AvgIpc) is 3.17. The highest BCUT2D eigenvalue weighted by molar-refractivity contribution is 5.94. The van der Waals surface area contributed by atoms with Gasteiger partial charge in [-0.15, -0.1) is 10.2 Å². The minimum absolute atomic E-state index is 0.203. The normalized spacial score (nSPS) is 11.8. The molecule has 1 N–H and O–H groups in total. The number of anilines is 1. The summed E-state index contributed by atoms with van der Waals surface area (Å²) in [5, 5.41) is 10.3. The van der Waals surface area contributed by atoms with Crippen molar-refractivity contribution in [2.24, 2.45) is 0 Å². The van der Waals surface area contributed by atoms with Gasteiger partial charge >= 0.3 is 0 Å². The Bertz CT molecular complexity index is 812. The van der Waals surface area contributed by atoms with Gasteiger partial charge in [-0.2, -0.15) is 0 Å². The zero-order chi connectivity index (χ0) is 17.6. The largest absolute Gasteiger partial charge is 0.481 e. The predicted molar refractivity (Wildman–Crippen MR) is 94.3 cm³/mol. The molecule has 0 fully saturated rings. The molecule has 0 aliphatic carbocycles. The number of rotatable bonds is 6. The van der Waals surface area contributed by atoms with Gasteiger partial charge < -0.3 is 14.5 Å². The van der Waals surface area contributed by atoms with Gasteiger partial charge in [0.2, 0.25) is 12.3 Å². The molecule has 0 spiro atoms. The van der Waals surface area contributed by atoms with E-state index in [9.17, 15) is 4.79 Å². The topological polar surface area (TPSA) is 77.2 Å². The molecule has 0 radical (unpaired) electrons. The molecule has 6 heteroatoms. The van der Waals surface area contributed by atoms with Crippen molar-refractivity contribution in [1.29, 1.82) is 0 Å². The van der Waals surface area contributed by atoms with E-state index in [1.165, 1.54) is 12.0 Å². The number of amides is 1. The number of carbonyl (C=O) groups excluding carboxylic acids is 1. The first kappa shape index (κ1) is 16.7. The Hall–Kier alpha value is -3.15. The second kappa shape index (κ2) is 7.61. The molecule has 3 rings (SSSR count). The Morgan fingerprint density at radius 1 is 1.16 bits per heavy atom. The fourth-order valence-corrected chi connectivity index (χ4v) is 2.30. The quantitative estimate of drug-likeness (QED) is 0.742. The first-order valence-corrected chi connectivity index (χ1v) is 8.09. The molecule has 0 unspecified atom stereocenters. The number of benzene rings is 2. The predicted octanol–water partition coefficient (Wildman–Crippen LogP) is 3.71. The number of carbonyl (C=O) groups is 1. The zero-order valence-corrected chi connectivity index (χ0v) is 14.1. The fraction of sp³-hybridized carbons (Fsp3) is 0.211. The molecule has 0 bridgehead atoms. The highest BCUT2D eigenvalue weighted by Crippen LogP contribution is 2.21. The molecule has 25 heavy (non-hydrogen) atoms. The summed E-state index contributed by atoms with van der Waals surface area (Å²) in [5.74, 6) is 0.824. The smallest absolute Gasteiger partial charge is 0.265 e. The SMILES string of the molecule is CCc1ccc(NC(=O)[C@@H](C)Oc2ccc(-c3nnco3)cc2)cc1. The Balaban J connectivity index is 1.59. The van der Waals surface area contributed by atoms with Crippen LogP contribution in [0.25, 0.3) is 11.5 Å². The highest BCUT2D eigenvalue weighted by Gasteiger charge is 2.15. The van der Waals surface area contributed by atoms with E-state index < -0.39 is 6.10 Å². The third-order valence-electron chi connectivity index (χ3n) is 3.77. The van der Waals surface area contributed by atoms with Crippen LogP contribution in [0.1, 0.15) is 19.4 Å². The van der Waals surface area contributed by atoms with Crippen LogP contribution >= 0.6 is 0 Å². The van der Waals surface area contributed by atoms with Crippen molar-refractivity contribution in [1.82, 2.24) is 10.2 Å². The molecule has 0 aliphatic heterocycles. The van der Waals surface area contributed by atoms with Crippen molar-refractivity contribution in [3.8, 4) is 17.2 Å². The molecular formula is C19H19N3O3. The van der Waals surface area contributed by atoms with Crippen molar-refractivity contribution in [3.63, 3.8) is 0 Å². The van der Waals surface area contributed by atoms with Crippen molar-refractivity contribution < 1.29 is 13.9 Å². The molecule has 1 heterocycles. The molecule has 0 saturated carbocycles. The summed E-state index contributed by atoms with van der Waals surface area (Å²) in [6.07, 6.45) is 1.62. The van der Waals surface area contributed by atoms with E-state index in [-0.39, 0.29) is 5.91 Å². The minimum Gasteiger partial charge on any atom is -0.481 e. The lowest BCUT2D eigenvalue weighted by Crippen LogP contribution is -2.30. The highest BCUT2D eigenvalue weighted by atomic mass is 16.5. The fourth-order valence-electron chi connectivity index (χ4n) is 2.30. The summed E-state index contributed by atoms with van der Waals surface area (Å²) < 4.78 is 10.8. The summed E-state index contributed by atoms with van der Waals surface area (Å²) >= 11 is 0. The van der Waals surface area contributed by atoms with Crippen LogP contribution in [0, 0.1) is 0 Å². The Kier molecular flexibility index (Phi) is 5.09. The van der Waals surface area contributed by atoms with Gasteiger partial charge in [-0.1, -0.05) is 19.1 Å². The van der Waals surface area contributed by atoms with E-state index in [0.717, 1.165) is 17.7 Å². The second-order valence-electron chi connectivity index (χ2n) is 5.57. The number of aryl methyl sites for hydroxylation is 1. The van der Waals surface area contributed by atoms with Crippen LogP contribution in [0.5, 0.6) is 5.75 Å². The molecule has 1 aromatic heterocycles. The maximum absolute atomic E-state index is 12.3. The van der Waals surface area contributed by atoms with Crippen LogP contribution in [0.3, 0.4) is 0 Å². The molecule has 128 valence electrons. The monoisotopic (exact) mass is 337 g/mol. The lowest BCUT2D eigenvalue weighted by molar-refractivity contribution is -0.122. The van der Waals surface area contributed by atoms with Crippen LogP contribution < -0.4 is 10.1 Å². The van der Waals surface area contributed by atoms with Gasteiger partial charge in [0, 0.05) is 11.3 Å². The molecule has 6 nitrogen and oxygen atoms in total. The standard InChI is InChI=1S/C19H19N3O3/c1-3-14-4-8-16(9-5-14)21-18(23)13(2)25-17-10-6-15(7-11-17)19-22-20-12-24-19/h4-13H,3H2,1-2H3,(H,21,23)/t13-/m1/s1. The lowest BCUT2D eigenvalue weighted by atomic mass is 10.1. The van der Waals surface area contributed by atoms with Gasteiger partial charge in [-0.3, -0.25) is 4.79 Å². The summed E-state index contributed by atoms with van der Waals surface area (Å²) in [7, 11) is 0. The number of nitrogens with zero attached hydrogens (tertiary/aromatic N) is 2. The molecule has 3 aromatic rings. The van der Waals surface area contributed by atoms with Crippen LogP contribution in [0.2, 0.25) is 0 Å². The van der Waals surface area contributed by atoms with E-state index in [4.69, 9.17) is 9.15 Å². The van der Waals surface area contributed by atoms with Crippen molar-refractivity contribution >= 4 is 11.6 Å². The molecule has 0 saturated heterocycles. The number of nitrogens with one attached hydrogen (secondary N) is 1. The van der Waals surface area contributed by atoms with Gasteiger partial charge in [0.15, 0.2) is 6.10 Å². The van der Waals surface area contributed by atoms with Crippen molar-refractivity contribution in [2.45, 2.75) is 26.4 Å². The third-order valence-corrected chi connectivity index (χ3v) is 3.77. The van der Waals surface area contributed by atoms with Crippen molar-refractivity contribution in [3.05, 3.63) is 60.5 Å². The first-order valence-electron chi connectivity index (χ1n) is 8.09. The summed E-state index contributed by atoms with van der Waals surface area (Å²) in [4.78, 5) is 12.3. The average molecular weight is 337 g/mol. The van der Waals surface area contributed by atoms with E-state index in [0.29, 0.717) is 11.6 Å². The maximum Gasteiger partial charge on any atom is 0.265 e. The Morgan fingerprint density at radius 2 is 1.88 bits per heavy atom. The Labute approximate surface area is 145 Å². The number of aromatic nitrogens is 2. The van der Waals surface area contributed by atoms with Gasteiger partial charge in [-0.25, -0.2) is 0 Å². The minimum atomic E-state index is -0.625. The zero-order valence-electron chi connectivity index (χ0n) is 14.1. The summed E-state index contributed by atoms with van der Waals surface area (Å²) in [6.45, 7) is 3.80. The Morgan fingerprint density at radius 3 is 2.48 bits per heavy atom. The molecular weight excluding hydrogens is 318 g/mol. The lowest BCUT2D eigenvalue weighted by Gasteiger charge is -2.15. The molecule has 1 atom stereocenters. The first-order chi connectivity index (χ1) is 12.2. The van der Waals surface area contributed by atoms with Gasteiger partial charge in [-0.05, 0) is 55.3 Å². The van der Waals surface area contributed by atoms with Crippen LogP contribution in [0.15, 0.2) is 59.3 Å². The number of ether oxygens (including phenoxy) is 1. The summed E-state index contributed by atoms with van der Waals surface area (Å²) in [6, 6.07) is 14.9. The van der Waals surface area contributed by atoms with Crippen LogP contribution in [-0.4, -0.2) is 22.2 Å². The van der Waals surface area contributed by atoms with E-state index >= 15 is 0 Å². The number of hydrogen-bond acceptors (Lipinski definition) is 5. The van der Waals surface area contributed by atoms with Crippen LogP contribution in [-0.2, 0) is 11.2 Å². The van der Waals surface area contributed by atoms with E-state index in [1.54, 1.807) is 31.2 Å². The molecule has 0 aliphatic rings. The van der Waals surface area contributed by atoms with E-state index in [2.05, 4.69) is 22.4 Å². The molecule has 1 amide bonds. The summed E-state index contributed by atoms with van der Waals surface area (Å²) in [5.41, 5.74) is 2.77. The van der Waals surface area contributed by atoms with Crippen LogP contribution in [0.4, 0.5) is 5.69 Å². The van der Waals surface area contributed by atoms with Gasteiger partial charge in [0.05, 0.1) is 0 Å². The third kappa shape index (κ3) is 4.23. The maximum atomic E-state index is 12.3. The second-order valence-corrected chi connectivity index (χ2v) is 5.57. The molecule has 2 aromatic carbocycles. The van der Waals surface area contributed by atoms with Gasteiger partial charge in [0.1, 0.15) is 5.75 Å². The van der Waals surface area contributed by atoms with E-state index in [1.807, 2.05) is 24.3 Å². The van der Waals surface area contributed by atoms with Gasteiger partial charge in [0.25, 0.3) is 5.91 Å². The van der Waals surface area contributed by atoms with Crippen molar-refractivity contribution in [2.75, 3.05) is 5.32 Å². The number of hydrogen-bond donors (Lipinski definition) is 1.